The van der Waals surface area contributed by atoms with E-state index in [0.717, 1.165) is 28.0 Å². The smallest absolute Gasteiger partial charge is 0.332 e. The topological polar surface area (TPSA) is 75.1 Å². The van der Waals surface area contributed by atoms with Crippen LogP contribution >= 0.6 is 0 Å². The van der Waals surface area contributed by atoms with Gasteiger partial charge in [-0.1, -0.05) is 12.1 Å². The van der Waals surface area contributed by atoms with Crippen LogP contribution < -0.4 is 10.4 Å². The van der Waals surface area contributed by atoms with Crippen molar-refractivity contribution in [2.24, 2.45) is 7.05 Å². The highest BCUT2D eigenvalue weighted by atomic mass is 16.5. The molecule has 7 heteroatoms. The third-order valence-corrected chi connectivity index (χ3v) is 4.82. The van der Waals surface area contributed by atoms with Crippen molar-refractivity contribution in [2.45, 2.75) is 6.61 Å². The van der Waals surface area contributed by atoms with E-state index in [2.05, 4.69) is 9.97 Å². The molecule has 0 fully saturated rings. The number of aryl methyl sites for hydroxylation is 1. The normalized spacial score (nSPS) is 11.1. The van der Waals surface area contributed by atoms with E-state index < -0.39 is 0 Å². The van der Waals surface area contributed by atoms with E-state index in [9.17, 15) is 4.79 Å². The van der Waals surface area contributed by atoms with E-state index in [0.29, 0.717) is 11.6 Å². The Labute approximate surface area is 171 Å². The molecule has 5 rings (SSSR count). The molecule has 7 nitrogen and oxygen atoms in total. The van der Waals surface area contributed by atoms with Crippen LogP contribution in [0.1, 0.15) is 5.89 Å². The molecule has 3 heterocycles. The number of imidazole rings is 1. The zero-order valence-corrected chi connectivity index (χ0v) is 16.2. The van der Waals surface area contributed by atoms with Gasteiger partial charge in [-0.15, -0.1) is 0 Å². The quantitative estimate of drug-likeness (QED) is 0.448. The number of nitrogens with zero attached hydrogens (tertiary/aromatic N) is 4. The Morgan fingerprint density at radius 2 is 1.77 bits per heavy atom. The van der Waals surface area contributed by atoms with Gasteiger partial charge < -0.3 is 13.7 Å². The Kier molecular flexibility index (Phi) is 4.40. The van der Waals surface area contributed by atoms with Crippen LogP contribution in [-0.2, 0) is 13.7 Å². The first-order valence-electron chi connectivity index (χ1n) is 9.45. The van der Waals surface area contributed by atoms with Crippen molar-refractivity contribution in [1.82, 2.24) is 19.1 Å². The number of hydrogen-bond donors (Lipinski definition) is 0. The van der Waals surface area contributed by atoms with E-state index in [1.807, 2.05) is 66.9 Å². The lowest BCUT2D eigenvalue weighted by molar-refractivity contribution is 0.267. The van der Waals surface area contributed by atoms with Crippen molar-refractivity contribution in [1.29, 1.82) is 0 Å². The van der Waals surface area contributed by atoms with Crippen molar-refractivity contribution < 1.29 is 9.15 Å². The number of pyridine rings is 1. The number of para-hydroxylation sites is 2. The average Bonchev–Trinajstić information content (AvgIpc) is 3.34. The van der Waals surface area contributed by atoms with Gasteiger partial charge in [0.05, 0.1) is 11.4 Å². The van der Waals surface area contributed by atoms with Gasteiger partial charge in [-0.3, -0.25) is 9.55 Å². The van der Waals surface area contributed by atoms with Crippen LogP contribution in [0.2, 0.25) is 0 Å². The predicted molar refractivity (Wildman–Crippen MR) is 113 cm³/mol. The number of oxazole rings is 1. The van der Waals surface area contributed by atoms with Crippen LogP contribution in [0.4, 0.5) is 0 Å². The van der Waals surface area contributed by atoms with Crippen molar-refractivity contribution in [3.63, 3.8) is 0 Å². The average molecular weight is 398 g/mol. The maximum Gasteiger partial charge on any atom is 0.332 e. The highest BCUT2D eigenvalue weighted by Gasteiger charge is 2.13. The second-order valence-electron chi connectivity index (χ2n) is 6.84. The van der Waals surface area contributed by atoms with Gasteiger partial charge in [0.15, 0.2) is 12.2 Å². The van der Waals surface area contributed by atoms with Crippen molar-refractivity contribution in [3.8, 4) is 22.7 Å². The molecule has 30 heavy (non-hydrogen) atoms. The monoisotopic (exact) mass is 398 g/mol. The molecule has 2 aromatic carbocycles. The van der Waals surface area contributed by atoms with Gasteiger partial charge >= 0.3 is 5.69 Å². The van der Waals surface area contributed by atoms with Crippen LogP contribution in [-0.4, -0.2) is 19.1 Å². The third-order valence-electron chi connectivity index (χ3n) is 4.82. The summed E-state index contributed by atoms with van der Waals surface area (Å²) in [5, 5.41) is 0. The first kappa shape index (κ1) is 17.9. The van der Waals surface area contributed by atoms with Gasteiger partial charge in [0.2, 0.25) is 5.89 Å². The van der Waals surface area contributed by atoms with Crippen LogP contribution in [0, 0.1) is 0 Å². The summed E-state index contributed by atoms with van der Waals surface area (Å²) in [6, 6.07) is 18.7. The highest BCUT2D eigenvalue weighted by Crippen LogP contribution is 2.23. The fourth-order valence-corrected chi connectivity index (χ4v) is 3.35. The summed E-state index contributed by atoms with van der Waals surface area (Å²) in [6.07, 6.45) is 5.23. The van der Waals surface area contributed by atoms with Crippen molar-refractivity contribution in [3.05, 3.63) is 95.6 Å². The summed E-state index contributed by atoms with van der Waals surface area (Å²) in [5.41, 5.74) is 3.88. The van der Waals surface area contributed by atoms with Gasteiger partial charge in [-0.05, 0) is 48.5 Å². The molecular formula is C23H18N4O3. The zero-order valence-electron chi connectivity index (χ0n) is 16.2. The van der Waals surface area contributed by atoms with Gasteiger partial charge in [-0.25, -0.2) is 9.78 Å². The SMILES string of the molecule is Cn1cc(-c2ccncc2)n(-c2ccc(OCc3nc4ccccc4o3)cc2)c1=O. The molecule has 0 saturated carbocycles. The summed E-state index contributed by atoms with van der Waals surface area (Å²) in [7, 11) is 1.74. The van der Waals surface area contributed by atoms with Gasteiger partial charge in [0.25, 0.3) is 0 Å². The summed E-state index contributed by atoms with van der Waals surface area (Å²) < 4.78 is 14.7. The lowest BCUT2D eigenvalue weighted by Crippen LogP contribution is -2.21. The fourth-order valence-electron chi connectivity index (χ4n) is 3.35. The standard InChI is InChI=1S/C23H18N4O3/c1-26-14-20(16-10-12-24-13-11-16)27(23(26)28)17-6-8-18(9-7-17)29-15-22-25-19-4-2-3-5-21(19)30-22/h2-14H,15H2,1H3. The van der Waals surface area contributed by atoms with Gasteiger partial charge in [0, 0.05) is 31.2 Å². The minimum atomic E-state index is -0.123. The molecule has 3 aromatic heterocycles. The molecule has 0 unspecified atom stereocenters. The minimum absolute atomic E-state index is 0.123. The molecule has 0 atom stereocenters. The first-order valence-corrected chi connectivity index (χ1v) is 9.45. The second kappa shape index (κ2) is 7.36. The molecule has 0 aliphatic carbocycles. The van der Waals surface area contributed by atoms with Crippen LogP contribution in [0.5, 0.6) is 5.75 Å². The Morgan fingerprint density at radius 1 is 1.00 bits per heavy atom. The molecular weight excluding hydrogens is 380 g/mol. The molecule has 5 aromatic rings. The molecule has 0 spiro atoms. The number of benzene rings is 2. The lowest BCUT2D eigenvalue weighted by atomic mass is 10.2. The summed E-state index contributed by atoms with van der Waals surface area (Å²) in [4.78, 5) is 21.2. The molecule has 0 amide bonds. The van der Waals surface area contributed by atoms with Crippen LogP contribution in [0.15, 0.2) is 88.5 Å². The molecule has 0 radical (unpaired) electrons. The van der Waals surface area contributed by atoms with Crippen molar-refractivity contribution >= 4 is 11.1 Å². The lowest BCUT2D eigenvalue weighted by Gasteiger charge is -2.09. The Bertz CT molecular complexity index is 1330. The maximum atomic E-state index is 12.7. The molecule has 0 aliphatic rings. The van der Waals surface area contributed by atoms with E-state index >= 15 is 0 Å². The Hall–Kier alpha value is -4.13. The van der Waals surface area contributed by atoms with Crippen molar-refractivity contribution in [2.75, 3.05) is 0 Å². The second-order valence-corrected chi connectivity index (χ2v) is 6.84. The summed E-state index contributed by atoms with van der Waals surface area (Å²) in [6.45, 7) is 0.224. The molecule has 148 valence electrons. The van der Waals surface area contributed by atoms with E-state index in [1.54, 1.807) is 28.6 Å². The Balaban J connectivity index is 1.39. The summed E-state index contributed by atoms with van der Waals surface area (Å²) >= 11 is 0. The fraction of sp³-hybridized carbons (Fsp3) is 0.0870. The number of rotatable bonds is 5. The van der Waals surface area contributed by atoms with E-state index in [4.69, 9.17) is 9.15 Å². The van der Waals surface area contributed by atoms with E-state index in [-0.39, 0.29) is 12.3 Å². The number of hydrogen-bond acceptors (Lipinski definition) is 5. The van der Waals surface area contributed by atoms with Crippen LogP contribution in [0.25, 0.3) is 28.0 Å². The minimum Gasteiger partial charge on any atom is -0.484 e. The molecule has 0 saturated heterocycles. The molecule has 0 N–H and O–H groups in total. The first-order chi connectivity index (χ1) is 14.7. The maximum absolute atomic E-state index is 12.7. The predicted octanol–water partition coefficient (Wildman–Crippen LogP) is 3.96. The Morgan fingerprint density at radius 3 is 2.53 bits per heavy atom. The highest BCUT2D eigenvalue weighted by molar-refractivity contribution is 5.72. The number of ether oxygens (including phenoxy) is 1. The molecule has 0 aliphatic heterocycles. The zero-order chi connectivity index (χ0) is 20.5. The summed E-state index contributed by atoms with van der Waals surface area (Å²) in [5.74, 6) is 1.18. The number of aromatic nitrogens is 4. The van der Waals surface area contributed by atoms with Crippen LogP contribution in [0.3, 0.4) is 0 Å². The molecule has 0 bridgehead atoms. The van der Waals surface area contributed by atoms with Gasteiger partial charge in [-0.2, -0.15) is 0 Å². The number of fused-ring (bicyclic) bond motifs is 1. The van der Waals surface area contributed by atoms with E-state index in [1.165, 1.54) is 0 Å². The largest absolute Gasteiger partial charge is 0.484 e. The third kappa shape index (κ3) is 3.26. The van der Waals surface area contributed by atoms with Gasteiger partial charge in [0.1, 0.15) is 11.3 Å².